The number of benzene rings is 1. The summed E-state index contributed by atoms with van der Waals surface area (Å²) in [6.07, 6.45) is 1.86. The summed E-state index contributed by atoms with van der Waals surface area (Å²) in [5, 5.41) is 2.56. The third kappa shape index (κ3) is 4.84. The monoisotopic (exact) mass is 312 g/mol. The molecule has 0 spiro atoms. The minimum absolute atomic E-state index is 0.465. The number of urea groups is 1. The highest BCUT2D eigenvalue weighted by molar-refractivity contribution is 5.71. The number of carbonyl (C=O) groups is 1. The van der Waals surface area contributed by atoms with Gasteiger partial charge in [0.2, 0.25) is 0 Å². The molecule has 1 aromatic rings. The van der Waals surface area contributed by atoms with Gasteiger partial charge in [-0.3, -0.25) is 4.90 Å². The molecule has 2 amide bonds. The highest BCUT2D eigenvalue weighted by Crippen LogP contribution is 2.21. The molecule has 0 atom stereocenters. The van der Waals surface area contributed by atoms with Gasteiger partial charge in [-0.2, -0.15) is 0 Å². The number of rotatable bonds is 6. The van der Waals surface area contributed by atoms with E-state index in [1.165, 1.54) is 12.1 Å². The van der Waals surface area contributed by atoms with Crippen LogP contribution >= 0.6 is 0 Å². The summed E-state index contributed by atoms with van der Waals surface area (Å²) >= 11 is 0. The number of nitrogens with zero attached hydrogens (tertiary/aromatic N) is 2. The van der Waals surface area contributed by atoms with Crippen LogP contribution in [0.3, 0.4) is 0 Å². The van der Waals surface area contributed by atoms with E-state index in [0.29, 0.717) is 12.2 Å². The van der Waals surface area contributed by atoms with Gasteiger partial charge in [0, 0.05) is 38.8 Å². The standard InChI is InChI=1S/C15H22F2N4O/c16-12-3-4-14(13(17)11-12)21-9-7-20(8-10-21)6-2-1-5-19-15(18)22/h3-4,11H,1-2,5-10H2,(H3,18,19,22). The molecule has 1 fully saturated rings. The lowest BCUT2D eigenvalue weighted by atomic mass is 10.2. The highest BCUT2D eigenvalue weighted by atomic mass is 19.1. The van der Waals surface area contributed by atoms with Crippen molar-refractivity contribution in [1.29, 1.82) is 0 Å². The number of hydrogen-bond donors (Lipinski definition) is 2. The smallest absolute Gasteiger partial charge is 0.312 e. The molecule has 0 aromatic heterocycles. The number of unbranched alkanes of at least 4 members (excludes halogenated alkanes) is 1. The van der Waals surface area contributed by atoms with Gasteiger partial charge in [0.1, 0.15) is 11.6 Å². The Balaban J connectivity index is 1.70. The maximum atomic E-state index is 13.7. The molecular weight excluding hydrogens is 290 g/mol. The Labute approximate surface area is 129 Å². The van der Waals surface area contributed by atoms with Crippen molar-refractivity contribution in [3.8, 4) is 0 Å². The van der Waals surface area contributed by atoms with Gasteiger partial charge in [0.15, 0.2) is 0 Å². The lowest BCUT2D eigenvalue weighted by molar-refractivity contribution is 0.244. The van der Waals surface area contributed by atoms with Crippen LogP contribution in [0.15, 0.2) is 18.2 Å². The van der Waals surface area contributed by atoms with Gasteiger partial charge in [-0.05, 0) is 31.5 Å². The summed E-state index contributed by atoms with van der Waals surface area (Å²) in [4.78, 5) is 14.8. The van der Waals surface area contributed by atoms with Crippen molar-refractivity contribution in [3.05, 3.63) is 29.8 Å². The molecule has 0 radical (unpaired) electrons. The van der Waals surface area contributed by atoms with Gasteiger partial charge >= 0.3 is 6.03 Å². The molecular formula is C15H22F2N4O. The Morgan fingerprint density at radius 1 is 1.18 bits per heavy atom. The van der Waals surface area contributed by atoms with Gasteiger partial charge in [0.05, 0.1) is 5.69 Å². The van der Waals surface area contributed by atoms with Crippen LogP contribution in [0.2, 0.25) is 0 Å². The number of piperazine rings is 1. The first-order valence-electron chi connectivity index (χ1n) is 7.52. The minimum Gasteiger partial charge on any atom is -0.367 e. The van der Waals surface area contributed by atoms with Crippen LogP contribution in [-0.4, -0.2) is 50.2 Å². The lowest BCUT2D eigenvalue weighted by Gasteiger charge is -2.36. The van der Waals surface area contributed by atoms with Gasteiger partial charge in [-0.1, -0.05) is 0 Å². The van der Waals surface area contributed by atoms with E-state index in [4.69, 9.17) is 5.73 Å². The maximum Gasteiger partial charge on any atom is 0.312 e. The van der Waals surface area contributed by atoms with Crippen LogP contribution in [-0.2, 0) is 0 Å². The third-order valence-electron chi connectivity index (χ3n) is 3.82. The number of nitrogens with one attached hydrogen (secondary N) is 1. The number of primary amides is 1. The molecule has 1 aliphatic rings. The molecule has 1 aromatic carbocycles. The van der Waals surface area contributed by atoms with E-state index in [9.17, 15) is 13.6 Å². The van der Waals surface area contributed by atoms with E-state index >= 15 is 0 Å². The molecule has 0 saturated carbocycles. The zero-order chi connectivity index (χ0) is 15.9. The van der Waals surface area contributed by atoms with Crippen molar-refractivity contribution >= 4 is 11.7 Å². The Morgan fingerprint density at radius 3 is 2.55 bits per heavy atom. The molecule has 1 heterocycles. The summed E-state index contributed by atoms with van der Waals surface area (Å²) in [6, 6.07) is 3.22. The molecule has 122 valence electrons. The number of carbonyl (C=O) groups excluding carboxylic acids is 1. The summed E-state index contributed by atoms with van der Waals surface area (Å²) in [5.41, 5.74) is 5.45. The first-order valence-corrected chi connectivity index (χ1v) is 7.52. The molecule has 1 aliphatic heterocycles. The molecule has 5 nitrogen and oxygen atoms in total. The normalized spacial score (nSPS) is 15.8. The van der Waals surface area contributed by atoms with E-state index in [-0.39, 0.29) is 0 Å². The molecule has 7 heteroatoms. The van der Waals surface area contributed by atoms with E-state index in [1.807, 2.05) is 4.90 Å². The first kappa shape index (κ1) is 16.5. The average Bonchev–Trinajstić information content (AvgIpc) is 2.47. The maximum absolute atomic E-state index is 13.7. The van der Waals surface area contributed by atoms with Crippen molar-refractivity contribution in [3.63, 3.8) is 0 Å². The number of halogens is 2. The van der Waals surface area contributed by atoms with Crippen LogP contribution in [0.4, 0.5) is 19.3 Å². The Kier molecular flexibility index (Phi) is 5.94. The fourth-order valence-corrected chi connectivity index (χ4v) is 2.62. The zero-order valence-electron chi connectivity index (χ0n) is 12.5. The molecule has 1 saturated heterocycles. The number of anilines is 1. The van der Waals surface area contributed by atoms with Crippen molar-refractivity contribution in [2.24, 2.45) is 5.73 Å². The van der Waals surface area contributed by atoms with Crippen LogP contribution in [0.25, 0.3) is 0 Å². The van der Waals surface area contributed by atoms with Crippen molar-refractivity contribution in [2.75, 3.05) is 44.2 Å². The van der Waals surface area contributed by atoms with E-state index < -0.39 is 17.7 Å². The van der Waals surface area contributed by atoms with Crippen LogP contribution in [0.5, 0.6) is 0 Å². The second-order valence-corrected chi connectivity index (χ2v) is 5.42. The average molecular weight is 312 g/mol. The van der Waals surface area contributed by atoms with Gasteiger partial charge in [-0.25, -0.2) is 13.6 Å². The molecule has 22 heavy (non-hydrogen) atoms. The molecule has 3 N–H and O–H groups in total. The quantitative estimate of drug-likeness (QED) is 0.783. The van der Waals surface area contributed by atoms with Gasteiger partial charge in [-0.15, -0.1) is 0 Å². The number of nitrogens with two attached hydrogens (primary N) is 1. The molecule has 0 bridgehead atoms. The third-order valence-corrected chi connectivity index (χ3v) is 3.82. The van der Waals surface area contributed by atoms with Gasteiger partial charge in [0.25, 0.3) is 0 Å². The zero-order valence-corrected chi connectivity index (χ0v) is 12.5. The topological polar surface area (TPSA) is 61.6 Å². The second kappa shape index (κ2) is 7.93. The predicted molar refractivity (Wildman–Crippen MR) is 81.8 cm³/mol. The van der Waals surface area contributed by atoms with Crippen molar-refractivity contribution in [1.82, 2.24) is 10.2 Å². The summed E-state index contributed by atoms with van der Waals surface area (Å²) < 4.78 is 26.7. The second-order valence-electron chi connectivity index (χ2n) is 5.42. The Bertz CT molecular complexity index is 504. The Hall–Kier alpha value is -1.89. The van der Waals surface area contributed by atoms with Gasteiger partial charge < -0.3 is 16.0 Å². The molecule has 0 aliphatic carbocycles. The number of amides is 2. The van der Waals surface area contributed by atoms with Crippen molar-refractivity contribution in [2.45, 2.75) is 12.8 Å². The summed E-state index contributed by atoms with van der Waals surface area (Å²) in [7, 11) is 0. The van der Waals surface area contributed by atoms with Crippen molar-refractivity contribution < 1.29 is 13.6 Å². The SMILES string of the molecule is NC(=O)NCCCCN1CCN(c2ccc(F)cc2F)CC1. The van der Waals surface area contributed by atoms with Crippen LogP contribution in [0.1, 0.15) is 12.8 Å². The van der Waals surface area contributed by atoms with E-state index in [2.05, 4.69) is 10.2 Å². The Morgan fingerprint density at radius 2 is 1.91 bits per heavy atom. The minimum atomic E-state index is -0.551. The number of hydrogen-bond acceptors (Lipinski definition) is 3. The van der Waals surface area contributed by atoms with Crippen LogP contribution < -0.4 is 16.0 Å². The lowest BCUT2D eigenvalue weighted by Crippen LogP contribution is -2.47. The molecule has 2 rings (SSSR count). The summed E-state index contributed by atoms with van der Waals surface area (Å²) in [6.45, 7) is 4.68. The fourth-order valence-electron chi connectivity index (χ4n) is 2.62. The van der Waals surface area contributed by atoms with E-state index in [1.54, 1.807) is 0 Å². The summed E-state index contributed by atoms with van der Waals surface area (Å²) in [5.74, 6) is -1.06. The first-order chi connectivity index (χ1) is 10.6. The van der Waals surface area contributed by atoms with E-state index in [0.717, 1.165) is 51.6 Å². The fraction of sp³-hybridized carbons (Fsp3) is 0.533. The van der Waals surface area contributed by atoms with Crippen LogP contribution in [0, 0.1) is 11.6 Å². The molecule has 0 unspecified atom stereocenters. The largest absolute Gasteiger partial charge is 0.367 e. The highest BCUT2D eigenvalue weighted by Gasteiger charge is 2.19. The predicted octanol–water partition coefficient (Wildman–Crippen LogP) is 1.54.